The number of carbonyl (C=O) groups is 1. The van der Waals surface area contributed by atoms with Crippen molar-refractivity contribution in [3.8, 4) is 0 Å². The molecule has 1 unspecified atom stereocenters. The second kappa shape index (κ2) is 5.13. The Morgan fingerprint density at radius 3 is 3.00 bits per heavy atom. The van der Waals surface area contributed by atoms with Gasteiger partial charge in [0.15, 0.2) is 10.8 Å². The molecule has 0 aliphatic carbocycles. The molecule has 0 amide bonds. The van der Waals surface area contributed by atoms with Gasteiger partial charge in [-0.1, -0.05) is 11.8 Å². The number of carbonyl (C=O) groups excluding carboxylic acids is 1. The highest BCUT2D eigenvalue weighted by atomic mass is 32.2. The molecule has 1 rings (SSSR count). The maximum atomic E-state index is 11.1. The largest absolute Gasteiger partial charge is 0.467 e. The van der Waals surface area contributed by atoms with Gasteiger partial charge in [0, 0.05) is 18.0 Å². The summed E-state index contributed by atoms with van der Waals surface area (Å²) in [7, 11) is 1.20. The zero-order valence-corrected chi connectivity index (χ0v) is 9.71. The number of aliphatic hydroxyl groups is 1. The minimum absolute atomic E-state index is 0.0482. The molecular formula is C9H12N2O4S. The molecule has 2 N–H and O–H groups in total. The molecule has 1 aromatic rings. The minimum Gasteiger partial charge on any atom is -0.467 e. The van der Waals surface area contributed by atoms with Gasteiger partial charge in [-0.3, -0.25) is 4.79 Å². The Morgan fingerprint density at radius 2 is 2.44 bits per heavy atom. The summed E-state index contributed by atoms with van der Waals surface area (Å²) in [5, 5.41) is 10.0. The Labute approximate surface area is 96.0 Å². The van der Waals surface area contributed by atoms with Crippen LogP contribution in [0.15, 0.2) is 22.2 Å². The number of nitrogens with zero attached hydrogens (tertiary/aromatic N) is 1. The van der Waals surface area contributed by atoms with Gasteiger partial charge in [0.05, 0.1) is 7.11 Å². The fourth-order valence-corrected chi connectivity index (χ4v) is 1.76. The molecule has 0 aliphatic heterocycles. The van der Waals surface area contributed by atoms with Crippen molar-refractivity contribution in [2.45, 2.75) is 17.7 Å². The van der Waals surface area contributed by atoms with Crippen LogP contribution in [0.1, 0.15) is 6.92 Å². The van der Waals surface area contributed by atoms with E-state index in [0.717, 1.165) is 11.8 Å². The molecule has 0 aromatic carbocycles. The molecular weight excluding hydrogens is 232 g/mol. The Morgan fingerprint density at radius 1 is 1.75 bits per heavy atom. The number of rotatable bonds is 4. The van der Waals surface area contributed by atoms with Gasteiger partial charge in [-0.2, -0.15) is 0 Å². The molecule has 0 aliphatic rings. The van der Waals surface area contributed by atoms with Crippen molar-refractivity contribution < 1.29 is 14.6 Å². The van der Waals surface area contributed by atoms with E-state index < -0.39 is 11.6 Å². The van der Waals surface area contributed by atoms with E-state index in [9.17, 15) is 14.7 Å². The number of aromatic amines is 1. The molecule has 0 radical (unpaired) electrons. The summed E-state index contributed by atoms with van der Waals surface area (Å²) >= 11 is 1.07. The third-order valence-corrected chi connectivity index (χ3v) is 2.95. The monoisotopic (exact) mass is 244 g/mol. The maximum absolute atomic E-state index is 11.1. The molecule has 0 fully saturated rings. The van der Waals surface area contributed by atoms with Gasteiger partial charge in [-0.15, -0.1) is 0 Å². The summed E-state index contributed by atoms with van der Waals surface area (Å²) in [4.78, 5) is 28.4. The van der Waals surface area contributed by atoms with Crippen LogP contribution in [0.2, 0.25) is 0 Å². The molecule has 1 aromatic heterocycles. The first-order valence-corrected chi connectivity index (χ1v) is 5.43. The number of methoxy groups -OCH3 is 1. The lowest BCUT2D eigenvalue weighted by Gasteiger charge is -2.18. The number of esters is 1. The Kier molecular flexibility index (Phi) is 4.08. The highest BCUT2D eigenvalue weighted by molar-refractivity contribution is 7.99. The van der Waals surface area contributed by atoms with E-state index in [0.29, 0.717) is 5.16 Å². The van der Waals surface area contributed by atoms with Gasteiger partial charge < -0.3 is 14.8 Å². The molecule has 1 heterocycles. The van der Waals surface area contributed by atoms with Gasteiger partial charge in [-0.05, 0) is 6.92 Å². The highest BCUT2D eigenvalue weighted by Crippen LogP contribution is 2.18. The van der Waals surface area contributed by atoms with Gasteiger partial charge in [0.1, 0.15) is 0 Å². The average molecular weight is 244 g/mol. The zero-order valence-electron chi connectivity index (χ0n) is 8.89. The van der Waals surface area contributed by atoms with Crippen LogP contribution in [0, 0.1) is 0 Å². The molecule has 7 heteroatoms. The third kappa shape index (κ3) is 3.35. The van der Waals surface area contributed by atoms with Crippen molar-refractivity contribution >= 4 is 17.7 Å². The van der Waals surface area contributed by atoms with Gasteiger partial charge in [-0.25, -0.2) is 9.78 Å². The van der Waals surface area contributed by atoms with Crippen LogP contribution in [0.5, 0.6) is 0 Å². The number of ether oxygens (including phenoxy) is 1. The van der Waals surface area contributed by atoms with Gasteiger partial charge in [0.25, 0.3) is 5.56 Å². The number of nitrogens with one attached hydrogen (secondary N) is 1. The van der Waals surface area contributed by atoms with Crippen LogP contribution in [0.4, 0.5) is 0 Å². The summed E-state index contributed by atoms with van der Waals surface area (Å²) in [5.41, 5.74) is -1.89. The number of hydrogen-bond acceptors (Lipinski definition) is 6. The predicted octanol–water partition coefficient (Wildman–Crippen LogP) is -0.214. The SMILES string of the molecule is COC(=O)C(C)(O)CSc1nccc(=O)[nH]1. The molecule has 0 bridgehead atoms. The summed E-state index contributed by atoms with van der Waals surface area (Å²) in [5.74, 6) is -0.676. The zero-order chi connectivity index (χ0) is 12.2. The van der Waals surface area contributed by atoms with Crippen LogP contribution >= 0.6 is 11.8 Å². The number of aromatic nitrogens is 2. The first-order valence-electron chi connectivity index (χ1n) is 4.44. The standard InChI is InChI=1S/C9H12N2O4S/c1-9(14,7(13)15-2)5-16-8-10-4-3-6(12)11-8/h3-4,14H,5H2,1-2H3,(H,10,11,12). The molecule has 88 valence electrons. The maximum Gasteiger partial charge on any atom is 0.338 e. The molecule has 0 spiro atoms. The third-order valence-electron chi connectivity index (χ3n) is 1.76. The van der Waals surface area contributed by atoms with Crippen LogP contribution in [-0.4, -0.2) is 39.5 Å². The fraction of sp³-hybridized carbons (Fsp3) is 0.444. The van der Waals surface area contributed by atoms with Crippen molar-refractivity contribution in [1.82, 2.24) is 9.97 Å². The fourth-order valence-electron chi connectivity index (χ4n) is 0.913. The van der Waals surface area contributed by atoms with Crippen LogP contribution in [-0.2, 0) is 9.53 Å². The second-order valence-corrected chi connectivity index (χ2v) is 4.26. The lowest BCUT2D eigenvalue weighted by atomic mass is 10.1. The average Bonchev–Trinajstić information content (AvgIpc) is 2.25. The Bertz CT molecular complexity index is 430. The molecule has 0 saturated carbocycles. The smallest absolute Gasteiger partial charge is 0.338 e. The van der Waals surface area contributed by atoms with Crippen molar-refractivity contribution in [3.05, 3.63) is 22.6 Å². The predicted molar refractivity (Wildman–Crippen MR) is 58.2 cm³/mol. The minimum atomic E-state index is -1.60. The van der Waals surface area contributed by atoms with E-state index >= 15 is 0 Å². The van der Waals surface area contributed by atoms with Crippen molar-refractivity contribution in [2.75, 3.05) is 12.9 Å². The molecule has 1 atom stereocenters. The quantitative estimate of drug-likeness (QED) is 0.432. The number of hydrogen-bond donors (Lipinski definition) is 2. The van der Waals surface area contributed by atoms with E-state index in [1.54, 1.807) is 0 Å². The van der Waals surface area contributed by atoms with E-state index in [4.69, 9.17) is 0 Å². The number of H-pyrrole nitrogens is 1. The second-order valence-electron chi connectivity index (χ2n) is 3.29. The van der Waals surface area contributed by atoms with Gasteiger partial charge >= 0.3 is 5.97 Å². The lowest BCUT2D eigenvalue weighted by Crippen LogP contribution is -2.38. The Balaban J connectivity index is 2.64. The van der Waals surface area contributed by atoms with Crippen molar-refractivity contribution in [2.24, 2.45) is 0 Å². The van der Waals surface area contributed by atoms with Crippen molar-refractivity contribution in [1.29, 1.82) is 0 Å². The summed E-state index contributed by atoms with van der Waals surface area (Å²) in [6.07, 6.45) is 1.36. The molecule has 16 heavy (non-hydrogen) atoms. The van der Waals surface area contributed by atoms with Crippen LogP contribution < -0.4 is 5.56 Å². The molecule has 6 nitrogen and oxygen atoms in total. The first-order chi connectivity index (χ1) is 7.45. The lowest BCUT2D eigenvalue weighted by molar-refractivity contribution is -0.158. The van der Waals surface area contributed by atoms with Gasteiger partial charge in [0.2, 0.25) is 0 Å². The topological polar surface area (TPSA) is 92.3 Å². The summed E-state index contributed by atoms with van der Waals surface area (Å²) < 4.78 is 4.43. The van der Waals surface area contributed by atoms with Crippen LogP contribution in [0.25, 0.3) is 0 Å². The van der Waals surface area contributed by atoms with E-state index in [-0.39, 0.29) is 11.3 Å². The normalized spacial score (nSPS) is 14.2. The van der Waals surface area contributed by atoms with Crippen molar-refractivity contribution in [3.63, 3.8) is 0 Å². The Hall–Kier alpha value is -1.34. The molecule has 0 saturated heterocycles. The van der Waals surface area contributed by atoms with E-state index in [1.807, 2.05) is 0 Å². The van der Waals surface area contributed by atoms with Crippen LogP contribution in [0.3, 0.4) is 0 Å². The van der Waals surface area contributed by atoms with E-state index in [1.165, 1.54) is 26.3 Å². The first kappa shape index (κ1) is 12.7. The highest BCUT2D eigenvalue weighted by Gasteiger charge is 2.31. The summed E-state index contributed by atoms with van der Waals surface area (Å²) in [6.45, 7) is 1.34. The summed E-state index contributed by atoms with van der Waals surface area (Å²) in [6, 6.07) is 1.28. The van der Waals surface area contributed by atoms with E-state index in [2.05, 4.69) is 14.7 Å². The number of thioether (sulfide) groups is 1.